The fourth-order valence-electron chi connectivity index (χ4n) is 2.36. The van der Waals surface area contributed by atoms with E-state index in [1.807, 2.05) is 12.1 Å². The van der Waals surface area contributed by atoms with Crippen molar-refractivity contribution in [2.75, 3.05) is 19.3 Å². The highest BCUT2D eigenvalue weighted by Gasteiger charge is 2.14. The first-order valence-corrected chi connectivity index (χ1v) is 7.36. The molecule has 1 aromatic heterocycles. The van der Waals surface area contributed by atoms with Crippen LogP contribution in [0.25, 0.3) is 11.0 Å². The molecule has 0 radical (unpaired) electrons. The highest BCUT2D eigenvalue weighted by molar-refractivity contribution is 5.79. The Morgan fingerprint density at radius 1 is 1.25 bits per heavy atom. The summed E-state index contributed by atoms with van der Waals surface area (Å²) in [7, 11) is 2.16. The molecular weight excluding hydrogens is 248 g/mol. The van der Waals surface area contributed by atoms with Crippen LogP contribution in [-0.2, 0) is 6.54 Å². The minimum atomic E-state index is 0.410. The number of anilines is 1. The Bertz CT molecular complexity index is 583. The van der Waals surface area contributed by atoms with Crippen LogP contribution in [-0.4, -0.2) is 34.1 Å². The fraction of sp³-hybridized carbons (Fsp3) is 0.562. The molecular formula is C16H26N4. The number of fused-ring (bicyclic) bond motifs is 1. The van der Waals surface area contributed by atoms with Crippen LogP contribution in [0, 0.1) is 0 Å². The third-order valence-electron chi connectivity index (χ3n) is 3.88. The first-order valence-electron chi connectivity index (χ1n) is 7.36. The molecule has 4 nitrogen and oxygen atoms in total. The van der Waals surface area contributed by atoms with Crippen molar-refractivity contribution in [1.82, 2.24) is 14.5 Å². The molecule has 0 fully saturated rings. The summed E-state index contributed by atoms with van der Waals surface area (Å²) in [6.45, 7) is 10.8. The molecule has 0 spiro atoms. The van der Waals surface area contributed by atoms with Crippen molar-refractivity contribution < 1.29 is 0 Å². The predicted molar refractivity (Wildman–Crippen MR) is 86.0 cm³/mol. The average molecular weight is 274 g/mol. The van der Waals surface area contributed by atoms with Crippen LogP contribution in [0.4, 0.5) is 5.69 Å². The molecule has 0 unspecified atom stereocenters. The molecule has 2 rings (SSSR count). The van der Waals surface area contributed by atoms with Crippen LogP contribution in [0.2, 0.25) is 0 Å². The molecule has 0 saturated carbocycles. The summed E-state index contributed by atoms with van der Waals surface area (Å²) in [5, 5.41) is 0. The Labute approximate surface area is 121 Å². The maximum absolute atomic E-state index is 5.86. The lowest BCUT2D eigenvalue weighted by molar-refractivity contribution is 0.262. The lowest BCUT2D eigenvalue weighted by Crippen LogP contribution is -2.30. The molecule has 0 aliphatic rings. The molecule has 0 aliphatic heterocycles. The quantitative estimate of drug-likeness (QED) is 0.852. The van der Waals surface area contributed by atoms with Gasteiger partial charge in [-0.05, 0) is 39.1 Å². The summed E-state index contributed by atoms with van der Waals surface area (Å²) in [6, 6.07) is 6.56. The monoisotopic (exact) mass is 274 g/mol. The van der Waals surface area contributed by atoms with Gasteiger partial charge < -0.3 is 15.2 Å². The number of rotatable bonds is 5. The Morgan fingerprint density at radius 3 is 2.55 bits per heavy atom. The highest BCUT2D eigenvalue weighted by atomic mass is 15.2. The summed E-state index contributed by atoms with van der Waals surface area (Å²) in [6.07, 6.45) is 0. The lowest BCUT2D eigenvalue weighted by atomic mass is 10.2. The van der Waals surface area contributed by atoms with Gasteiger partial charge in [-0.1, -0.05) is 13.8 Å². The molecule has 1 aromatic carbocycles. The lowest BCUT2D eigenvalue weighted by Gasteiger charge is -2.22. The molecule has 0 saturated heterocycles. The van der Waals surface area contributed by atoms with E-state index in [1.54, 1.807) is 0 Å². The molecule has 1 heterocycles. The van der Waals surface area contributed by atoms with E-state index in [2.05, 4.69) is 50.3 Å². The minimum absolute atomic E-state index is 0.410. The van der Waals surface area contributed by atoms with Crippen molar-refractivity contribution in [3.05, 3.63) is 24.0 Å². The van der Waals surface area contributed by atoms with Crippen LogP contribution < -0.4 is 5.73 Å². The van der Waals surface area contributed by atoms with E-state index >= 15 is 0 Å². The van der Waals surface area contributed by atoms with Gasteiger partial charge in [0.25, 0.3) is 0 Å². The molecule has 0 atom stereocenters. The van der Waals surface area contributed by atoms with E-state index in [-0.39, 0.29) is 0 Å². The van der Waals surface area contributed by atoms with Gasteiger partial charge in [0, 0.05) is 30.7 Å². The van der Waals surface area contributed by atoms with E-state index in [9.17, 15) is 0 Å². The number of imidazole rings is 1. The molecule has 2 N–H and O–H groups in total. The summed E-state index contributed by atoms with van der Waals surface area (Å²) >= 11 is 0. The predicted octanol–water partition coefficient (Wildman–Crippen LogP) is 3.08. The molecule has 20 heavy (non-hydrogen) atoms. The van der Waals surface area contributed by atoms with Gasteiger partial charge in [-0.25, -0.2) is 4.98 Å². The summed E-state index contributed by atoms with van der Waals surface area (Å²) in [4.78, 5) is 7.11. The second kappa shape index (κ2) is 5.83. The molecule has 0 amide bonds. The van der Waals surface area contributed by atoms with E-state index in [0.717, 1.165) is 30.1 Å². The zero-order chi connectivity index (χ0) is 14.9. The van der Waals surface area contributed by atoms with E-state index in [1.165, 1.54) is 5.52 Å². The number of nitrogens with two attached hydrogens (primary N) is 1. The summed E-state index contributed by atoms with van der Waals surface area (Å²) in [5.74, 6) is 1.55. The Hall–Kier alpha value is -1.55. The second-order valence-electron chi connectivity index (χ2n) is 6.10. The SMILES string of the molecule is CC(C)c1nc2cc(N)ccc2n1CCN(C)C(C)C. The van der Waals surface area contributed by atoms with E-state index < -0.39 is 0 Å². The van der Waals surface area contributed by atoms with Gasteiger partial charge in [0.2, 0.25) is 0 Å². The van der Waals surface area contributed by atoms with Crippen LogP contribution in [0.3, 0.4) is 0 Å². The first kappa shape index (κ1) is 14.9. The van der Waals surface area contributed by atoms with Gasteiger partial charge in [0.15, 0.2) is 0 Å². The molecule has 0 bridgehead atoms. The molecule has 0 aliphatic carbocycles. The zero-order valence-electron chi connectivity index (χ0n) is 13.2. The van der Waals surface area contributed by atoms with Crippen LogP contribution in [0.5, 0.6) is 0 Å². The minimum Gasteiger partial charge on any atom is -0.399 e. The van der Waals surface area contributed by atoms with Crippen molar-refractivity contribution in [1.29, 1.82) is 0 Å². The van der Waals surface area contributed by atoms with Crippen molar-refractivity contribution in [3.63, 3.8) is 0 Å². The second-order valence-corrected chi connectivity index (χ2v) is 6.10. The number of likely N-dealkylation sites (N-methyl/N-ethyl adjacent to an activating group) is 1. The van der Waals surface area contributed by atoms with Gasteiger partial charge in [-0.2, -0.15) is 0 Å². The van der Waals surface area contributed by atoms with E-state index in [4.69, 9.17) is 10.7 Å². The number of benzene rings is 1. The Morgan fingerprint density at radius 2 is 1.95 bits per heavy atom. The van der Waals surface area contributed by atoms with Crippen molar-refractivity contribution in [2.45, 2.75) is 46.2 Å². The fourth-order valence-corrected chi connectivity index (χ4v) is 2.36. The topological polar surface area (TPSA) is 47.1 Å². The summed E-state index contributed by atoms with van der Waals surface area (Å²) < 4.78 is 2.33. The van der Waals surface area contributed by atoms with E-state index in [0.29, 0.717) is 12.0 Å². The highest BCUT2D eigenvalue weighted by Crippen LogP contribution is 2.23. The van der Waals surface area contributed by atoms with Crippen molar-refractivity contribution in [3.8, 4) is 0 Å². The molecule has 110 valence electrons. The Balaban J connectivity index is 2.36. The number of nitrogens with zero attached hydrogens (tertiary/aromatic N) is 3. The van der Waals surface area contributed by atoms with Gasteiger partial charge in [0.1, 0.15) is 5.82 Å². The third kappa shape index (κ3) is 2.96. The average Bonchev–Trinajstić information content (AvgIpc) is 2.73. The first-order chi connectivity index (χ1) is 9.40. The zero-order valence-corrected chi connectivity index (χ0v) is 13.2. The van der Waals surface area contributed by atoms with Gasteiger partial charge in [0.05, 0.1) is 11.0 Å². The third-order valence-corrected chi connectivity index (χ3v) is 3.88. The number of aromatic nitrogens is 2. The standard InChI is InChI=1S/C16H26N4/c1-11(2)16-18-14-10-13(17)6-7-15(14)20(16)9-8-19(5)12(3)4/h6-7,10-12H,8-9,17H2,1-5H3. The van der Waals surface area contributed by atoms with Crippen LogP contribution in [0.1, 0.15) is 39.4 Å². The normalized spacial score (nSPS) is 12.2. The molecule has 2 aromatic rings. The number of nitrogen functional groups attached to an aromatic ring is 1. The number of hydrogen-bond donors (Lipinski definition) is 1. The largest absolute Gasteiger partial charge is 0.399 e. The maximum Gasteiger partial charge on any atom is 0.112 e. The Kier molecular flexibility index (Phi) is 4.33. The molecule has 4 heteroatoms. The van der Waals surface area contributed by atoms with Gasteiger partial charge in [-0.15, -0.1) is 0 Å². The van der Waals surface area contributed by atoms with Gasteiger partial charge >= 0.3 is 0 Å². The number of hydrogen-bond acceptors (Lipinski definition) is 3. The smallest absolute Gasteiger partial charge is 0.112 e. The van der Waals surface area contributed by atoms with Crippen LogP contribution in [0.15, 0.2) is 18.2 Å². The van der Waals surface area contributed by atoms with Crippen LogP contribution >= 0.6 is 0 Å². The maximum atomic E-state index is 5.86. The van der Waals surface area contributed by atoms with Gasteiger partial charge in [-0.3, -0.25) is 0 Å². The van der Waals surface area contributed by atoms with Crippen molar-refractivity contribution in [2.24, 2.45) is 0 Å². The summed E-state index contributed by atoms with van der Waals surface area (Å²) in [5.41, 5.74) is 8.82. The van der Waals surface area contributed by atoms with Crippen molar-refractivity contribution >= 4 is 16.7 Å².